The molecule has 1 rings (SSSR count). The predicted molar refractivity (Wildman–Crippen MR) is 123 cm³/mol. The Morgan fingerprint density at radius 2 is 1.00 bits per heavy atom. The molecule has 0 aromatic rings. The maximum absolute atomic E-state index is 12.6. The smallest absolute Gasteiger partial charge is 0.309 e. The second-order valence-corrected chi connectivity index (χ2v) is 10.0. The van der Waals surface area contributed by atoms with Gasteiger partial charge in [0.25, 0.3) is 0 Å². The van der Waals surface area contributed by atoms with Crippen LogP contribution in [-0.4, -0.2) is 25.2 Å². The molecule has 2 atom stereocenters. The van der Waals surface area contributed by atoms with Crippen molar-refractivity contribution in [1.82, 2.24) is 0 Å². The molecule has 30 heavy (non-hydrogen) atoms. The quantitative estimate of drug-likeness (QED) is 0.196. The molecule has 0 spiro atoms. The van der Waals surface area contributed by atoms with Crippen molar-refractivity contribution in [3.8, 4) is 0 Å². The van der Waals surface area contributed by atoms with Crippen LogP contribution in [-0.2, 0) is 19.1 Å². The third kappa shape index (κ3) is 12.6. The van der Waals surface area contributed by atoms with Crippen molar-refractivity contribution < 1.29 is 19.1 Å². The molecule has 0 bridgehead atoms. The summed E-state index contributed by atoms with van der Waals surface area (Å²) in [4.78, 5) is 25.1. The monoisotopic (exact) mass is 424 g/mol. The summed E-state index contributed by atoms with van der Waals surface area (Å²) in [5.41, 5.74) is 0. The molecule has 0 N–H and O–H groups in total. The third-order valence-corrected chi connectivity index (χ3v) is 6.21. The molecule has 176 valence electrons. The number of carbonyl (C=O) groups excluding carboxylic acids is 2. The van der Waals surface area contributed by atoms with Gasteiger partial charge in [-0.15, -0.1) is 0 Å². The van der Waals surface area contributed by atoms with Gasteiger partial charge in [-0.05, 0) is 37.5 Å². The average Bonchev–Trinajstić information content (AvgIpc) is 2.71. The van der Waals surface area contributed by atoms with E-state index in [0.717, 1.165) is 63.2 Å². The van der Waals surface area contributed by atoms with E-state index in [4.69, 9.17) is 9.47 Å². The Kier molecular flexibility index (Phi) is 14.9. The highest BCUT2D eigenvalue weighted by molar-refractivity contribution is 5.82. The Balaban J connectivity index is 2.22. The van der Waals surface area contributed by atoms with E-state index in [2.05, 4.69) is 27.7 Å². The lowest BCUT2D eigenvalue weighted by molar-refractivity contribution is -0.163. The molecule has 1 aliphatic rings. The van der Waals surface area contributed by atoms with Crippen molar-refractivity contribution in [2.45, 2.75) is 118 Å². The van der Waals surface area contributed by atoms with E-state index >= 15 is 0 Å². The summed E-state index contributed by atoms with van der Waals surface area (Å²) < 4.78 is 11.1. The largest absolute Gasteiger partial charge is 0.465 e. The van der Waals surface area contributed by atoms with Crippen LogP contribution in [0.4, 0.5) is 0 Å². The fourth-order valence-electron chi connectivity index (χ4n) is 4.27. The molecule has 1 aliphatic carbocycles. The Hall–Kier alpha value is -1.06. The molecule has 1 fully saturated rings. The van der Waals surface area contributed by atoms with Crippen LogP contribution < -0.4 is 0 Å². The maximum atomic E-state index is 12.6. The first kappa shape index (κ1) is 27.0. The minimum absolute atomic E-state index is 0.187. The number of hydrogen-bond donors (Lipinski definition) is 0. The van der Waals surface area contributed by atoms with Crippen molar-refractivity contribution >= 4 is 11.9 Å². The highest BCUT2D eigenvalue weighted by Gasteiger charge is 2.37. The standard InChI is InChI=1S/C26H48O4/c1-21(2)15-9-5-7-13-19-29-25(27)23-17-11-12-18-24(23)26(28)30-20-14-8-6-10-16-22(3)4/h21-24H,5-20H2,1-4H3/t23-,24+. The molecular weight excluding hydrogens is 376 g/mol. The molecule has 0 unspecified atom stereocenters. The molecule has 4 nitrogen and oxygen atoms in total. The second-order valence-electron chi connectivity index (χ2n) is 10.0. The van der Waals surface area contributed by atoms with Gasteiger partial charge in [0, 0.05) is 0 Å². The number of unbranched alkanes of at least 4 members (excludes halogenated alkanes) is 6. The summed E-state index contributed by atoms with van der Waals surface area (Å²) in [6, 6.07) is 0. The van der Waals surface area contributed by atoms with Gasteiger partial charge in [0.1, 0.15) is 0 Å². The molecule has 0 aromatic carbocycles. The van der Waals surface area contributed by atoms with Crippen molar-refractivity contribution in [2.75, 3.05) is 13.2 Å². The van der Waals surface area contributed by atoms with Gasteiger partial charge in [-0.2, -0.15) is 0 Å². The Labute approximate surface area is 185 Å². The normalized spacial score (nSPS) is 19.3. The first-order valence-electron chi connectivity index (χ1n) is 12.7. The van der Waals surface area contributed by atoms with Gasteiger partial charge < -0.3 is 9.47 Å². The minimum Gasteiger partial charge on any atom is -0.465 e. The van der Waals surface area contributed by atoms with E-state index in [9.17, 15) is 9.59 Å². The van der Waals surface area contributed by atoms with Crippen molar-refractivity contribution in [1.29, 1.82) is 0 Å². The van der Waals surface area contributed by atoms with Gasteiger partial charge >= 0.3 is 11.9 Å². The third-order valence-electron chi connectivity index (χ3n) is 6.21. The van der Waals surface area contributed by atoms with E-state index in [1.54, 1.807) is 0 Å². The molecule has 0 aliphatic heterocycles. The molecule has 0 radical (unpaired) electrons. The molecule has 4 heteroatoms. The topological polar surface area (TPSA) is 52.6 Å². The van der Waals surface area contributed by atoms with Gasteiger partial charge in [-0.25, -0.2) is 0 Å². The zero-order valence-corrected chi connectivity index (χ0v) is 20.3. The SMILES string of the molecule is CC(C)CCCCCCOC(=O)[C@H]1CCCC[C@H]1C(=O)OCCCCCCC(C)C. The van der Waals surface area contributed by atoms with E-state index in [-0.39, 0.29) is 23.8 Å². The van der Waals surface area contributed by atoms with Crippen LogP contribution in [0.25, 0.3) is 0 Å². The molecule has 0 amide bonds. The first-order valence-corrected chi connectivity index (χ1v) is 12.7. The predicted octanol–water partition coefficient (Wildman–Crippen LogP) is 7.09. The fraction of sp³-hybridized carbons (Fsp3) is 0.923. The summed E-state index contributed by atoms with van der Waals surface area (Å²) in [5, 5.41) is 0. The van der Waals surface area contributed by atoms with Gasteiger partial charge in [-0.1, -0.05) is 91.9 Å². The van der Waals surface area contributed by atoms with Crippen LogP contribution >= 0.6 is 0 Å². The average molecular weight is 425 g/mol. The molecular formula is C26H48O4. The van der Waals surface area contributed by atoms with Gasteiger partial charge in [0.05, 0.1) is 25.0 Å². The highest BCUT2D eigenvalue weighted by Crippen LogP contribution is 2.32. The summed E-state index contributed by atoms with van der Waals surface area (Å²) in [6.45, 7) is 9.97. The van der Waals surface area contributed by atoms with Gasteiger partial charge in [-0.3, -0.25) is 9.59 Å². The van der Waals surface area contributed by atoms with E-state index in [0.29, 0.717) is 13.2 Å². The van der Waals surface area contributed by atoms with Crippen LogP contribution in [0.2, 0.25) is 0 Å². The molecule has 1 saturated carbocycles. The van der Waals surface area contributed by atoms with E-state index in [1.165, 1.54) is 38.5 Å². The molecule has 0 heterocycles. The fourth-order valence-corrected chi connectivity index (χ4v) is 4.27. The highest BCUT2D eigenvalue weighted by atomic mass is 16.5. The zero-order valence-electron chi connectivity index (χ0n) is 20.3. The van der Waals surface area contributed by atoms with Crippen LogP contribution in [0.1, 0.15) is 118 Å². The summed E-state index contributed by atoms with van der Waals surface area (Å²) in [5.74, 6) is 0.530. The van der Waals surface area contributed by atoms with Crippen LogP contribution in [0.15, 0.2) is 0 Å². The maximum Gasteiger partial charge on any atom is 0.309 e. The lowest BCUT2D eigenvalue weighted by Gasteiger charge is -2.28. The van der Waals surface area contributed by atoms with Gasteiger partial charge in [0.2, 0.25) is 0 Å². The lowest BCUT2D eigenvalue weighted by atomic mass is 9.79. The van der Waals surface area contributed by atoms with Crippen LogP contribution in [0, 0.1) is 23.7 Å². The summed E-state index contributed by atoms with van der Waals surface area (Å²) in [6.07, 6.45) is 15.0. The van der Waals surface area contributed by atoms with Gasteiger partial charge in [0.15, 0.2) is 0 Å². The number of esters is 2. The summed E-state index contributed by atoms with van der Waals surface area (Å²) in [7, 11) is 0. The summed E-state index contributed by atoms with van der Waals surface area (Å²) >= 11 is 0. The Bertz CT molecular complexity index is 416. The van der Waals surface area contributed by atoms with Crippen molar-refractivity contribution in [3.63, 3.8) is 0 Å². The van der Waals surface area contributed by atoms with Crippen molar-refractivity contribution in [3.05, 3.63) is 0 Å². The number of carbonyl (C=O) groups is 2. The Morgan fingerprint density at radius 3 is 1.37 bits per heavy atom. The van der Waals surface area contributed by atoms with Crippen LogP contribution in [0.3, 0.4) is 0 Å². The Morgan fingerprint density at radius 1 is 0.633 bits per heavy atom. The number of rotatable bonds is 16. The van der Waals surface area contributed by atoms with Crippen molar-refractivity contribution in [2.24, 2.45) is 23.7 Å². The second kappa shape index (κ2) is 16.6. The zero-order chi connectivity index (χ0) is 22.2. The van der Waals surface area contributed by atoms with E-state index in [1.807, 2.05) is 0 Å². The molecule has 0 saturated heterocycles. The number of ether oxygens (including phenoxy) is 2. The lowest BCUT2D eigenvalue weighted by Crippen LogP contribution is -2.35. The molecule has 0 aromatic heterocycles. The number of hydrogen-bond acceptors (Lipinski definition) is 4. The van der Waals surface area contributed by atoms with E-state index < -0.39 is 0 Å². The first-order chi connectivity index (χ1) is 14.4. The minimum atomic E-state index is -0.307. The van der Waals surface area contributed by atoms with Crippen LogP contribution in [0.5, 0.6) is 0 Å².